The maximum atomic E-state index is 6.15. The van der Waals surface area contributed by atoms with Crippen LogP contribution in [0.15, 0.2) is 0 Å². The number of nitrogens with two attached hydrogens (primary N) is 1. The summed E-state index contributed by atoms with van der Waals surface area (Å²) in [4.78, 5) is 0. The van der Waals surface area contributed by atoms with Gasteiger partial charge in [0.25, 0.3) is 0 Å². The maximum Gasteiger partial charge on any atom is 0.0895 e. The Balaban J connectivity index is 1.86. The predicted molar refractivity (Wildman–Crippen MR) is 64.3 cm³/mol. The van der Waals surface area contributed by atoms with E-state index in [0.717, 1.165) is 25.8 Å². The van der Waals surface area contributed by atoms with E-state index in [2.05, 4.69) is 27.7 Å². The lowest BCUT2D eigenvalue weighted by Crippen LogP contribution is -2.43. The van der Waals surface area contributed by atoms with E-state index in [9.17, 15) is 0 Å². The van der Waals surface area contributed by atoms with Crippen molar-refractivity contribution in [2.75, 3.05) is 6.54 Å². The maximum absolute atomic E-state index is 6.15. The molecule has 1 aliphatic carbocycles. The molecule has 94 valence electrons. The number of ether oxygens (including phenoxy) is 2. The zero-order valence-electron chi connectivity index (χ0n) is 11.0. The molecule has 1 heterocycles. The van der Waals surface area contributed by atoms with Gasteiger partial charge in [0.2, 0.25) is 0 Å². The van der Waals surface area contributed by atoms with Crippen LogP contribution in [0.25, 0.3) is 0 Å². The number of hydrogen-bond donors (Lipinski definition) is 1. The molecule has 0 amide bonds. The molecule has 0 aromatic heterocycles. The standard InChI is InChI=1S/C13H25NO2/c1-12(2)7-11(13(3,4)16-12)15-10-5-9(6-10)8-14/h9-11H,5-8,14H2,1-4H3. The summed E-state index contributed by atoms with van der Waals surface area (Å²) in [7, 11) is 0. The Morgan fingerprint density at radius 3 is 2.31 bits per heavy atom. The third kappa shape index (κ3) is 2.41. The van der Waals surface area contributed by atoms with Gasteiger partial charge in [-0.1, -0.05) is 0 Å². The van der Waals surface area contributed by atoms with Crippen molar-refractivity contribution in [3.63, 3.8) is 0 Å². The zero-order chi connectivity index (χ0) is 12.0. The third-order valence-corrected chi connectivity index (χ3v) is 3.87. The molecule has 3 nitrogen and oxygen atoms in total. The van der Waals surface area contributed by atoms with Crippen LogP contribution in [-0.4, -0.2) is 30.0 Å². The number of hydrogen-bond acceptors (Lipinski definition) is 3. The second-order valence-electron chi connectivity index (χ2n) is 6.49. The van der Waals surface area contributed by atoms with Gasteiger partial charge in [-0.05, 0) is 53.0 Å². The van der Waals surface area contributed by atoms with Crippen molar-refractivity contribution in [1.82, 2.24) is 0 Å². The molecular weight excluding hydrogens is 202 g/mol. The molecule has 16 heavy (non-hydrogen) atoms. The van der Waals surface area contributed by atoms with Crippen molar-refractivity contribution in [2.24, 2.45) is 11.7 Å². The van der Waals surface area contributed by atoms with Crippen LogP contribution in [0.1, 0.15) is 47.0 Å². The monoisotopic (exact) mass is 227 g/mol. The molecule has 2 rings (SSSR count). The summed E-state index contributed by atoms with van der Waals surface area (Å²) in [6.45, 7) is 9.34. The fourth-order valence-corrected chi connectivity index (χ4v) is 2.93. The highest BCUT2D eigenvalue weighted by atomic mass is 16.6. The zero-order valence-corrected chi connectivity index (χ0v) is 11.0. The first kappa shape index (κ1) is 12.3. The van der Waals surface area contributed by atoms with E-state index in [-0.39, 0.29) is 17.3 Å². The minimum Gasteiger partial charge on any atom is -0.372 e. The smallest absolute Gasteiger partial charge is 0.0895 e. The summed E-state index contributed by atoms with van der Waals surface area (Å²) in [5.41, 5.74) is 5.41. The first-order chi connectivity index (χ1) is 7.32. The lowest BCUT2D eigenvalue weighted by Gasteiger charge is -2.38. The molecule has 2 N–H and O–H groups in total. The van der Waals surface area contributed by atoms with Crippen molar-refractivity contribution in [3.8, 4) is 0 Å². The Hall–Kier alpha value is -0.120. The molecule has 1 saturated heterocycles. The average Bonchev–Trinajstić information content (AvgIpc) is 2.25. The van der Waals surface area contributed by atoms with Crippen LogP contribution in [-0.2, 0) is 9.47 Å². The summed E-state index contributed by atoms with van der Waals surface area (Å²) in [5.74, 6) is 0.684. The molecule has 1 aliphatic heterocycles. The van der Waals surface area contributed by atoms with Gasteiger partial charge in [0, 0.05) is 6.42 Å². The van der Waals surface area contributed by atoms with Gasteiger partial charge in [-0.15, -0.1) is 0 Å². The van der Waals surface area contributed by atoms with Crippen LogP contribution in [0.4, 0.5) is 0 Å². The first-order valence-corrected chi connectivity index (χ1v) is 6.38. The van der Waals surface area contributed by atoms with E-state index in [1.807, 2.05) is 0 Å². The number of rotatable bonds is 3. The Bertz CT molecular complexity index is 257. The largest absolute Gasteiger partial charge is 0.372 e. The van der Waals surface area contributed by atoms with Crippen molar-refractivity contribution in [3.05, 3.63) is 0 Å². The molecule has 0 spiro atoms. The molecule has 0 aromatic carbocycles. The highest BCUT2D eigenvalue weighted by Gasteiger charge is 2.48. The first-order valence-electron chi connectivity index (χ1n) is 6.38. The summed E-state index contributed by atoms with van der Waals surface area (Å²) < 4.78 is 12.2. The molecule has 1 saturated carbocycles. The average molecular weight is 227 g/mol. The molecule has 2 aliphatic rings. The van der Waals surface area contributed by atoms with Gasteiger partial charge in [-0.25, -0.2) is 0 Å². The van der Waals surface area contributed by atoms with E-state index in [1.54, 1.807) is 0 Å². The molecule has 2 fully saturated rings. The van der Waals surface area contributed by atoms with E-state index < -0.39 is 0 Å². The second-order valence-corrected chi connectivity index (χ2v) is 6.49. The lowest BCUT2D eigenvalue weighted by molar-refractivity contribution is -0.138. The molecule has 1 unspecified atom stereocenters. The molecular formula is C13H25NO2. The molecule has 3 heteroatoms. The fraction of sp³-hybridized carbons (Fsp3) is 1.00. The van der Waals surface area contributed by atoms with E-state index in [0.29, 0.717) is 12.0 Å². The predicted octanol–water partition coefficient (Wildman–Crippen LogP) is 2.09. The van der Waals surface area contributed by atoms with Crippen molar-refractivity contribution in [2.45, 2.75) is 70.4 Å². The van der Waals surface area contributed by atoms with E-state index >= 15 is 0 Å². The minimum atomic E-state index is -0.155. The van der Waals surface area contributed by atoms with Crippen molar-refractivity contribution < 1.29 is 9.47 Å². The highest BCUT2D eigenvalue weighted by molar-refractivity contribution is 4.97. The Labute approximate surface area is 98.7 Å². The quantitative estimate of drug-likeness (QED) is 0.803. The fourth-order valence-electron chi connectivity index (χ4n) is 2.93. The van der Waals surface area contributed by atoms with Crippen molar-refractivity contribution >= 4 is 0 Å². The minimum absolute atomic E-state index is 0.0504. The Kier molecular flexibility index (Phi) is 3.06. The summed E-state index contributed by atoms with van der Waals surface area (Å²) in [5, 5.41) is 0. The molecule has 0 bridgehead atoms. The normalized spacial score (nSPS) is 40.7. The van der Waals surface area contributed by atoms with Crippen LogP contribution in [0.2, 0.25) is 0 Å². The highest BCUT2D eigenvalue weighted by Crippen LogP contribution is 2.42. The molecule has 0 aromatic rings. The lowest BCUT2D eigenvalue weighted by atomic mass is 9.82. The van der Waals surface area contributed by atoms with E-state index in [4.69, 9.17) is 15.2 Å². The van der Waals surface area contributed by atoms with Gasteiger partial charge in [-0.2, -0.15) is 0 Å². The summed E-state index contributed by atoms with van der Waals surface area (Å²) in [6, 6.07) is 0. The van der Waals surface area contributed by atoms with Gasteiger partial charge < -0.3 is 15.2 Å². The SMILES string of the molecule is CC1(C)CC(OC2CC(CN)C2)C(C)(C)O1. The Morgan fingerprint density at radius 1 is 1.25 bits per heavy atom. The van der Waals surface area contributed by atoms with Crippen LogP contribution in [0.5, 0.6) is 0 Å². The van der Waals surface area contributed by atoms with Gasteiger partial charge >= 0.3 is 0 Å². The van der Waals surface area contributed by atoms with E-state index in [1.165, 1.54) is 0 Å². The molecule has 0 radical (unpaired) electrons. The van der Waals surface area contributed by atoms with Crippen molar-refractivity contribution in [1.29, 1.82) is 0 Å². The van der Waals surface area contributed by atoms with Crippen LogP contribution < -0.4 is 5.73 Å². The van der Waals surface area contributed by atoms with Gasteiger partial charge in [0.15, 0.2) is 0 Å². The van der Waals surface area contributed by atoms with Gasteiger partial charge in [0.05, 0.1) is 23.4 Å². The van der Waals surface area contributed by atoms with Crippen LogP contribution >= 0.6 is 0 Å². The van der Waals surface area contributed by atoms with Crippen LogP contribution in [0.3, 0.4) is 0 Å². The molecule has 1 atom stereocenters. The van der Waals surface area contributed by atoms with Gasteiger partial charge in [-0.3, -0.25) is 0 Å². The second kappa shape index (κ2) is 3.97. The third-order valence-electron chi connectivity index (χ3n) is 3.87. The van der Waals surface area contributed by atoms with Crippen LogP contribution in [0, 0.1) is 5.92 Å². The topological polar surface area (TPSA) is 44.5 Å². The van der Waals surface area contributed by atoms with Gasteiger partial charge in [0.1, 0.15) is 0 Å². The summed E-state index contributed by atoms with van der Waals surface area (Å²) in [6.07, 6.45) is 3.89. The Morgan fingerprint density at radius 2 is 1.88 bits per heavy atom. The summed E-state index contributed by atoms with van der Waals surface area (Å²) >= 11 is 0.